The fourth-order valence-electron chi connectivity index (χ4n) is 2.00. The Kier molecular flexibility index (Phi) is 6.96. The molecule has 0 saturated heterocycles. The number of hydrogen-bond donors (Lipinski definition) is 1. The number of benzene rings is 1. The highest BCUT2D eigenvalue weighted by molar-refractivity contribution is 7.89. The molecule has 7 heteroatoms. The fourth-order valence-corrected chi connectivity index (χ4v) is 3.54. The predicted molar refractivity (Wildman–Crippen MR) is 81.9 cm³/mol. The van der Waals surface area contributed by atoms with E-state index in [-0.39, 0.29) is 4.90 Å². The third-order valence-corrected chi connectivity index (χ3v) is 5.22. The van der Waals surface area contributed by atoms with Crippen molar-refractivity contribution in [3.63, 3.8) is 0 Å². The molecule has 1 aromatic rings. The van der Waals surface area contributed by atoms with Gasteiger partial charge < -0.3 is 5.11 Å². The Labute approximate surface area is 130 Å². The van der Waals surface area contributed by atoms with E-state index in [2.05, 4.69) is 0 Å². The number of sulfonamides is 1. The van der Waals surface area contributed by atoms with Crippen LogP contribution in [0, 0.1) is 5.82 Å². The highest BCUT2D eigenvalue weighted by atomic mass is 32.2. The second kappa shape index (κ2) is 8.24. The molecule has 0 amide bonds. The molecule has 0 heterocycles. The Balaban J connectivity index is 3.18. The van der Waals surface area contributed by atoms with Crippen LogP contribution in [0.3, 0.4) is 0 Å². The summed E-state index contributed by atoms with van der Waals surface area (Å²) in [4.78, 5) is 10.8. The first-order valence-corrected chi connectivity index (χ1v) is 8.81. The van der Waals surface area contributed by atoms with E-state index in [0.29, 0.717) is 13.1 Å². The number of hydrogen-bond acceptors (Lipinski definition) is 3. The summed E-state index contributed by atoms with van der Waals surface area (Å²) in [6.07, 6.45) is 3.13. The maximum absolute atomic E-state index is 13.4. The lowest BCUT2D eigenvalue weighted by Crippen LogP contribution is -2.33. The maximum atomic E-state index is 13.4. The Hall–Kier alpha value is -1.47. The molecule has 0 unspecified atom stereocenters. The van der Waals surface area contributed by atoms with Crippen LogP contribution in [0.2, 0.25) is 0 Å². The molecule has 0 atom stereocenters. The van der Waals surface area contributed by atoms with Gasteiger partial charge in [-0.3, -0.25) is 0 Å². The standard InChI is InChI=1S/C15H22FNO4S/c1-3-5-9-17(10-6-4-2)22(20,21)12-7-8-14(16)13(11-12)15(18)19/h7-8,11H,3-6,9-10H2,1-2H3,(H,18,19). The zero-order chi connectivity index (χ0) is 16.8. The second-order valence-electron chi connectivity index (χ2n) is 5.06. The molecule has 0 aliphatic carbocycles. The normalized spacial score (nSPS) is 11.8. The van der Waals surface area contributed by atoms with E-state index in [9.17, 15) is 17.6 Å². The van der Waals surface area contributed by atoms with Crippen LogP contribution in [-0.2, 0) is 10.0 Å². The third kappa shape index (κ3) is 4.51. The molecule has 124 valence electrons. The SMILES string of the molecule is CCCCN(CCCC)S(=O)(=O)c1ccc(F)c(C(=O)O)c1. The minimum absolute atomic E-state index is 0.182. The van der Waals surface area contributed by atoms with Gasteiger partial charge in [-0.25, -0.2) is 17.6 Å². The molecule has 0 bridgehead atoms. The van der Waals surface area contributed by atoms with Crippen molar-refractivity contribution in [1.82, 2.24) is 4.31 Å². The summed E-state index contributed by atoms with van der Waals surface area (Å²) < 4.78 is 40.1. The van der Waals surface area contributed by atoms with E-state index >= 15 is 0 Å². The van der Waals surface area contributed by atoms with Gasteiger partial charge in [0.1, 0.15) is 5.82 Å². The lowest BCUT2D eigenvalue weighted by Gasteiger charge is -2.22. The first-order chi connectivity index (χ1) is 10.3. The molecular weight excluding hydrogens is 309 g/mol. The van der Waals surface area contributed by atoms with Crippen molar-refractivity contribution in [3.8, 4) is 0 Å². The van der Waals surface area contributed by atoms with Crippen LogP contribution < -0.4 is 0 Å². The number of aromatic carboxylic acids is 1. The van der Waals surface area contributed by atoms with Crippen molar-refractivity contribution in [3.05, 3.63) is 29.6 Å². The number of rotatable bonds is 9. The van der Waals surface area contributed by atoms with Crippen molar-refractivity contribution in [2.45, 2.75) is 44.4 Å². The van der Waals surface area contributed by atoms with Gasteiger partial charge >= 0.3 is 5.97 Å². The van der Waals surface area contributed by atoms with E-state index in [4.69, 9.17) is 5.11 Å². The van der Waals surface area contributed by atoms with Crippen molar-refractivity contribution in [1.29, 1.82) is 0 Å². The molecule has 1 aromatic carbocycles. The molecular formula is C15H22FNO4S. The average Bonchev–Trinajstić information content (AvgIpc) is 2.47. The van der Waals surface area contributed by atoms with Gasteiger partial charge in [0, 0.05) is 13.1 Å². The Morgan fingerprint density at radius 3 is 2.18 bits per heavy atom. The zero-order valence-corrected chi connectivity index (χ0v) is 13.7. The van der Waals surface area contributed by atoms with Crippen molar-refractivity contribution < 1.29 is 22.7 Å². The number of nitrogens with zero attached hydrogens (tertiary/aromatic N) is 1. The number of carboxylic acid groups (broad SMARTS) is 1. The molecule has 1 rings (SSSR count). The topological polar surface area (TPSA) is 74.7 Å². The van der Waals surface area contributed by atoms with Gasteiger partial charge in [0.2, 0.25) is 10.0 Å². The van der Waals surface area contributed by atoms with Gasteiger partial charge in [-0.1, -0.05) is 26.7 Å². The van der Waals surface area contributed by atoms with Gasteiger partial charge in [0.15, 0.2) is 0 Å². The summed E-state index contributed by atoms with van der Waals surface area (Å²) in [6.45, 7) is 4.67. The highest BCUT2D eigenvalue weighted by Gasteiger charge is 2.25. The van der Waals surface area contributed by atoms with Crippen LogP contribution in [0.4, 0.5) is 4.39 Å². The van der Waals surface area contributed by atoms with Gasteiger partial charge in [-0.05, 0) is 31.0 Å². The Bertz CT molecular complexity index is 608. The quantitative estimate of drug-likeness (QED) is 0.754. The zero-order valence-electron chi connectivity index (χ0n) is 12.9. The van der Waals surface area contributed by atoms with E-state index in [1.165, 1.54) is 4.31 Å². The number of unbranched alkanes of at least 4 members (excludes halogenated alkanes) is 2. The first-order valence-electron chi connectivity index (χ1n) is 7.37. The van der Waals surface area contributed by atoms with E-state index in [1.54, 1.807) is 0 Å². The average molecular weight is 331 g/mol. The largest absolute Gasteiger partial charge is 0.478 e. The lowest BCUT2D eigenvalue weighted by atomic mass is 10.2. The summed E-state index contributed by atoms with van der Waals surface area (Å²) in [7, 11) is -3.82. The molecule has 0 spiro atoms. The highest BCUT2D eigenvalue weighted by Crippen LogP contribution is 2.20. The minimum Gasteiger partial charge on any atom is -0.478 e. The lowest BCUT2D eigenvalue weighted by molar-refractivity contribution is 0.0691. The summed E-state index contributed by atoms with van der Waals surface area (Å²) in [5, 5.41) is 8.93. The number of carbonyl (C=O) groups is 1. The summed E-state index contributed by atoms with van der Waals surface area (Å²) >= 11 is 0. The minimum atomic E-state index is -3.82. The molecule has 0 aliphatic heterocycles. The van der Waals surface area contributed by atoms with Gasteiger partial charge in [0.25, 0.3) is 0 Å². The molecule has 0 aliphatic rings. The van der Waals surface area contributed by atoms with Crippen molar-refractivity contribution in [2.75, 3.05) is 13.1 Å². The van der Waals surface area contributed by atoms with Crippen LogP contribution in [0.5, 0.6) is 0 Å². The summed E-state index contributed by atoms with van der Waals surface area (Å²) in [5.74, 6) is -2.43. The smallest absolute Gasteiger partial charge is 0.338 e. The van der Waals surface area contributed by atoms with Crippen LogP contribution in [-0.4, -0.2) is 36.9 Å². The summed E-state index contributed by atoms with van der Waals surface area (Å²) in [6, 6.07) is 2.88. The second-order valence-corrected chi connectivity index (χ2v) is 7.00. The summed E-state index contributed by atoms with van der Waals surface area (Å²) in [5.41, 5.74) is -0.632. The van der Waals surface area contributed by atoms with Gasteiger partial charge in [-0.15, -0.1) is 0 Å². The molecule has 1 N–H and O–H groups in total. The molecule has 0 fully saturated rings. The Morgan fingerprint density at radius 2 is 1.73 bits per heavy atom. The van der Waals surface area contributed by atoms with E-state index < -0.39 is 27.4 Å². The molecule has 0 saturated carbocycles. The van der Waals surface area contributed by atoms with E-state index in [0.717, 1.165) is 43.9 Å². The monoisotopic (exact) mass is 331 g/mol. The van der Waals surface area contributed by atoms with Crippen molar-refractivity contribution >= 4 is 16.0 Å². The molecule has 0 radical (unpaired) electrons. The first kappa shape index (κ1) is 18.6. The van der Waals surface area contributed by atoms with Crippen LogP contribution >= 0.6 is 0 Å². The van der Waals surface area contributed by atoms with Gasteiger partial charge in [0.05, 0.1) is 10.5 Å². The van der Waals surface area contributed by atoms with Crippen LogP contribution in [0.15, 0.2) is 23.1 Å². The molecule has 5 nitrogen and oxygen atoms in total. The number of halogens is 1. The fraction of sp³-hybridized carbons (Fsp3) is 0.533. The van der Waals surface area contributed by atoms with Crippen LogP contribution in [0.1, 0.15) is 49.9 Å². The molecule has 0 aromatic heterocycles. The molecule has 22 heavy (non-hydrogen) atoms. The van der Waals surface area contributed by atoms with Gasteiger partial charge in [-0.2, -0.15) is 4.31 Å². The predicted octanol–water partition coefficient (Wildman–Crippen LogP) is 3.11. The van der Waals surface area contributed by atoms with Crippen LogP contribution in [0.25, 0.3) is 0 Å². The Morgan fingerprint density at radius 1 is 1.18 bits per heavy atom. The number of carboxylic acids is 1. The third-order valence-electron chi connectivity index (χ3n) is 3.33. The maximum Gasteiger partial charge on any atom is 0.338 e. The van der Waals surface area contributed by atoms with Crippen molar-refractivity contribution in [2.24, 2.45) is 0 Å². The van der Waals surface area contributed by atoms with E-state index in [1.807, 2.05) is 13.8 Å².